The van der Waals surface area contributed by atoms with E-state index in [-0.39, 0.29) is 5.91 Å². The van der Waals surface area contributed by atoms with Crippen molar-refractivity contribution in [3.8, 4) is 0 Å². The van der Waals surface area contributed by atoms with E-state index < -0.39 is 0 Å². The molecule has 1 aromatic heterocycles. The van der Waals surface area contributed by atoms with E-state index in [9.17, 15) is 4.79 Å². The second-order valence-corrected chi connectivity index (χ2v) is 6.13. The lowest BCUT2D eigenvalue weighted by atomic mass is 10.2. The topological polar surface area (TPSA) is 87.0 Å². The zero-order chi connectivity index (χ0) is 14.3. The molecule has 1 aromatic rings. The van der Waals surface area contributed by atoms with Gasteiger partial charge in [0.15, 0.2) is 5.69 Å². The van der Waals surface area contributed by atoms with Crippen LogP contribution in [0.2, 0.25) is 0 Å². The molecule has 2 aliphatic carbocycles. The van der Waals surface area contributed by atoms with Crippen molar-refractivity contribution in [1.29, 1.82) is 0 Å². The molecule has 1 atom stereocenters. The number of aromatic nitrogens is 2. The summed E-state index contributed by atoms with van der Waals surface area (Å²) in [6.45, 7) is 2.75. The first-order valence-electron chi connectivity index (χ1n) is 7.41. The molecule has 0 spiro atoms. The Bertz CT molecular complexity index is 504. The normalized spacial score (nSPS) is 20.1. The molecule has 2 fully saturated rings. The summed E-state index contributed by atoms with van der Waals surface area (Å²) in [7, 11) is 2.11. The van der Waals surface area contributed by atoms with Gasteiger partial charge in [-0.2, -0.15) is 5.10 Å². The molecule has 110 valence electrons. The standard InChI is InChI=1S/C14H23N5O/c1-8(19(2)10-5-6-10)7-16-14(20)13-11(15)12(17-18-13)9-3-4-9/h8-10H,3-7,15H2,1-2H3,(H,16,20)(H,17,18). The molecule has 1 unspecified atom stereocenters. The average molecular weight is 277 g/mol. The molecule has 20 heavy (non-hydrogen) atoms. The Labute approximate surface area is 119 Å². The fraction of sp³-hybridized carbons (Fsp3) is 0.714. The predicted octanol–water partition coefficient (Wildman–Crippen LogP) is 1.08. The van der Waals surface area contributed by atoms with Crippen LogP contribution < -0.4 is 11.1 Å². The number of carbonyl (C=O) groups excluding carboxylic acids is 1. The molecule has 2 aliphatic rings. The lowest BCUT2D eigenvalue weighted by molar-refractivity contribution is 0.0935. The molecule has 0 aliphatic heterocycles. The summed E-state index contributed by atoms with van der Waals surface area (Å²) in [5, 5.41) is 9.91. The number of aromatic amines is 1. The molecule has 1 heterocycles. The Morgan fingerprint density at radius 2 is 2.20 bits per heavy atom. The second-order valence-electron chi connectivity index (χ2n) is 6.13. The largest absolute Gasteiger partial charge is 0.395 e. The minimum Gasteiger partial charge on any atom is -0.395 e. The molecule has 0 bridgehead atoms. The minimum absolute atomic E-state index is 0.179. The zero-order valence-corrected chi connectivity index (χ0v) is 12.1. The van der Waals surface area contributed by atoms with Gasteiger partial charge < -0.3 is 11.1 Å². The van der Waals surface area contributed by atoms with Crippen LogP contribution in [0, 0.1) is 0 Å². The maximum absolute atomic E-state index is 12.1. The Balaban J connectivity index is 1.55. The average Bonchev–Trinajstić information content (AvgIpc) is 3.33. The summed E-state index contributed by atoms with van der Waals surface area (Å²) < 4.78 is 0. The van der Waals surface area contributed by atoms with Gasteiger partial charge in [-0.15, -0.1) is 0 Å². The van der Waals surface area contributed by atoms with Gasteiger partial charge >= 0.3 is 0 Å². The number of hydrogen-bond acceptors (Lipinski definition) is 4. The van der Waals surface area contributed by atoms with E-state index in [0.717, 1.165) is 18.5 Å². The summed E-state index contributed by atoms with van der Waals surface area (Å²) in [5.74, 6) is 0.297. The molecule has 0 aromatic carbocycles. The van der Waals surface area contributed by atoms with Gasteiger partial charge in [-0.3, -0.25) is 14.8 Å². The molecule has 2 saturated carbocycles. The number of likely N-dealkylation sites (N-methyl/N-ethyl adjacent to an activating group) is 1. The fourth-order valence-electron chi connectivity index (χ4n) is 2.53. The van der Waals surface area contributed by atoms with Crippen molar-refractivity contribution in [3.63, 3.8) is 0 Å². The number of nitrogens with one attached hydrogen (secondary N) is 2. The zero-order valence-electron chi connectivity index (χ0n) is 12.1. The van der Waals surface area contributed by atoms with Gasteiger partial charge in [-0.1, -0.05) is 0 Å². The summed E-state index contributed by atoms with van der Waals surface area (Å²) >= 11 is 0. The number of nitrogens with zero attached hydrogens (tertiary/aromatic N) is 2. The lowest BCUT2D eigenvalue weighted by Crippen LogP contribution is -2.41. The summed E-state index contributed by atoms with van der Waals surface area (Å²) in [5.41, 5.74) is 7.80. The third-order valence-corrected chi connectivity index (χ3v) is 4.41. The van der Waals surface area contributed by atoms with Crippen LogP contribution in [0.4, 0.5) is 5.69 Å². The van der Waals surface area contributed by atoms with Crippen LogP contribution in [0.3, 0.4) is 0 Å². The van der Waals surface area contributed by atoms with E-state index in [2.05, 4.69) is 34.4 Å². The number of nitrogen functional groups attached to an aromatic ring is 1. The smallest absolute Gasteiger partial charge is 0.273 e. The maximum Gasteiger partial charge on any atom is 0.273 e. The van der Waals surface area contributed by atoms with Crippen LogP contribution >= 0.6 is 0 Å². The number of hydrogen-bond donors (Lipinski definition) is 3. The van der Waals surface area contributed by atoms with Gasteiger partial charge in [0.1, 0.15) is 0 Å². The first-order chi connectivity index (χ1) is 9.58. The van der Waals surface area contributed by atoms with Crippen LogP contribution in [-0.4, -0.2) is 46.7 Å². The molecule has 6 heteroatoms. The van der Waals surface area contributed by atoms with E-state index in [1.165, 1.54) is 12.8 Å². The van der Waals surface area contributed by atoms with E-state index >= 15 is 0 Å². The van der Waals surface area contributed by atoms with Gasteiger partial charge in [0.25, 0.3) is 5.91 Å². The van der Waals surface area contributed by atoms with Gasteiger partial charge in [0, 0.05) is 24.5 Å². The number of rotatable bonds is 6. The van der Waals surface area contributed by atoms with Crippen molar-refractivity contribution < 1.29 is 4.79 Å². The molecule has 4 N–H and O–H groups in total. The van der Waals surface area contributed by atoms with Crippen molar-refractivity contribution in [2.45, 2.75) is 50.6 Å². The summed E-state index contributed by atoms with van der Waals surface area (Å²) in [6.07, 6.45) is 4.81. The highest BCUT2D eigenvalue weighted by Crippen LogP contribution is 2.42. The predicted molar refractivity (Wildman–Crippen MR) is 77.6 cm³/mol. The Morgan fingerprint density at radius 3 is 2.80 bits per heavy atom. The van der Waals surface area contributed by atoms with Gasteiger partial charge in [0.05, 0.1) is 11.4 Å². The number of carbonyl (C=O) groups is 1. The molecule has 0 saturated heterocycles. The molecule has 6 nitrogen and oxygen atoms in total. The first kappa shape index (κ1) is 13.4. The number of H-pyrrole nitrogens is 1. The highest BCUT2D eigenvalue weighted by Gasteiger charge is 2.31. The minimum atomic E-state index is -0.179. The van der Waals surface area contributed by atoms with Crippen LogP contribution in [0.1, 0.15) is 54.7 Å². The number of anilines is 1. The highest BCUT2D eigenvalue weighted by molar-refractivity contribution is 5.97. The van der Waals surface area contributed by atoms with Crippen LogP contribution in [0.25, 0.3) is 0 Å². The highest BCUT2D eigenvalue weighted by atomic mass is 16.2. The fourth-order valence-corrected chi connectivity index (χ4v) is 2.53. The maximum atomic E-state index is 12.1. The monoisotopic (exact) mass is 277 g/mol. The van der Waals surface area contributed by atoms with Gasteiger partial charge in [-0.05, 0) is 39.7 Å². The van der Waals surface area contributed by atoms with Crippen molar-refractivity contribution in [1.82, 2.24) is 20.4 Å². The van der Waals surface area contributed by atoms with Crippen LogP contribution in [0.5, 0.6) is 0 Å². The molecule has 1 amide bonds. The second kappa shape index (κ2) is 5.09. The van der Waals surface area contributed by atoms with Crippen LogP contribution in [-0.2, 0) is 0 Å². The first-order valence-corrected chi connectivity index (χ1v) is 7.41. The summed E-state index contributed by atoms with van der Waals surface area (Å²) in [4.78, 5) is 14.5. The summed E-state index contributed by atoms with van der Waals surface area (Å²) in [6, 6.07) is 1.02. The van der Waals surface area contributed by atoms with Crippen molar-refractivity contribution in [2.24, 2.45) is 0 Å². The van der Waals surface area contributed by atoms with Crippen molar-refractivity contribution in [3.05, 3.63) is 11.4 Å². The van der Waals surface area contributed by atoms with E-state index in [4.69, 9.17) is 5.73 Å². The van der Waals surface area contributed by atoms with E-state index in [1.54, 1.807) is 0 Å². The van der Waals surface area contributed by atoms with Crippen molar-refractivity contribution in [2.75, 3.05) is 19.3 Å². The molecule has 3 rings (SSSR count). The van der Waals surface area contributed by atoms with E-state index in [1.807, 2.05) is 0 Å². The Kier molecular flexibility index (Phi) is 3.41. The number of nitrogens with two attached hydrogens (primary N) is 1. The molecular formula is C14H23N5O. The third kappa shape index (κ3) is 2.65. The van der Waals surface area contributed by atoms with E-state index in [0.29, 0.717) is 35.9 Å². The van der Waals surface area contributed by atoms with Gasteiger partial charge in [-0.25, -0.2) is 0 Å². The Morgan fingerprint density at radius 1 is 1.50 bits per heavy atom. The van der Waals surface area contributed by atoms with Crippen molar-refractivity contribution >= 4 is 11.6 Å². The van der Waals surface area contributed by atoms with Crippen LogP contribution in [0.15, 0.2) is 0 Å². The lowest BCUT2D eigenvalue weighted by Gasteiger charge is -2.24. The Hall–Kier alpha value is -1.56. The van der Waals surface area contributed by atoms with Gasteiger partial charge in [0.2, 0.25) is 0 Å². The molecule has 0 radical (unpaired) electrons. The molecular weight excluding hydrogens is 254 g/mol. The SMILES string of the molecule is CC(CNC(=O)c1n[nH]c(C2CC2)c1N)N(C)C1CC1. The third-order valence-electron chi connectivity index (χ3n) is 4.41. The quantitative estimate of drug-likeness (QED) is 0.726. The number of amides is 1.